The number of nitrogens with one attached hydrogen (secondary N) is 1. The maximum Gasteiger partial charge on any atom is 0.230 e. The Hall–Kier alpha value is -0.750. The van der Waals surface area contributed by atoms with Crippen LogP contribution in [0.2, 0.25) is 5.28 Å². The first kappa shape index (κ1) is 14.3. The number of aromatic nitrogens is 3. The molecule has 1 N–H and O–H groups in total. The topological polar surface area (TPSA) is 53.9 Å². The van der Waals surface area contributed by atoms with E-state index in [1.807, 2.05) is 25.9 Å². The van der Waals surface area contributed by atoms with Gasteiger partial charge in [-0.05, 0) is 29.5 Å². The van der Waals surface area contributed by atoms with E-state index in [1.165, 1.54) is 0 Å². The lowest BCUT2D eigenvalue weighted by molar-refractivity contribution is 0.696. The monoisotopic (exact) mass is 275 g/mol. The minimum atomic E-state index is 0.212. The fourth-order valence-corrected chi connectivity index (χ4v) is 2.07. The largest absolute Gasteiger partial charge is 0.354 e. The molecule has 0 amide bonds. The van der Waals surface area contributed by atoms with Crippen molar-refractivity contribution in [2.75, 3.05) is 42.9 Å². The van der Waals surface area contributed by atoms with Crippen molar-refractivity contribution in [1.82, 2.24) is 15.0 Å². The van der Waals surface area contributed by atoms with Crippen LogP contribution < -0.4 is 10.2 Å². The standard InChI is InChI=1S/C10H18ClN5S/c1-7(6-17-4)5-12-9-13-8(11)14-10(15-9)16(2)3/h7H,5-6H2,1-4H3,(H,12,13,14,15). The quantitative estimate of drug-likeness (QED) is 0.857. The number of halogens is 1. The summed E-state index contributed by atoms with van der Waals surface area (Å²) in [6.45, 7) is 3.01. The predicted molar refractivity (Wildman–Crippen MR) is 75.2 cm³/mol. The minimum Gasteiger partial charge on any atom is -0.354 e. The van der Waals surface area contributed by atoms with Crippen LogP contribution in [0.5, 0.6) is 0 Å². The van der Waals surface area contributed by atoms with Gasteiger partial charge in [-0.1, -0.05) is 6.92 Å². The van der Waals surface area contributed by atoms with Crippen LogP contribution in [0, 0.1) is 5.92 Å². The molecule has 0 saturated carbocycles. The normalized spacial score (nSPS) is 12.3. The second-order valence-corrected chi connectivity index (χ2v) is 5.31. The molecule has 0 aliphatic carbocycles. The molecule has 0 saturated heterocycles. The molecule has 0 aliphatic heterocycles. The van der Waals surface area contributed by atoms with E-state index in [0.717, 1.165) is 12.3 Å². The van der Waals surface area contributed by atoms with Crippen LogP contribution in [0.4, 0.5) is 11.9 Å². The van der Waals surface area contributed by atoms with Crippen LogP contribution in [-0.2, 0) is 0 Å². The van der Waals surface area contributed by atoms with E-state index in [9.17, 15) is 0 Å². The van der Waals surface area contributed by atoms with Gasteiger partial charge in [0.15, 0.2) is 0 Å². The molecule has 1 aromatic heterocycles. The molecule has 1 rings (SSSR count). The van der Waals surface area contributed by atoms with Gasteiger partial charge in [-0.15, -0.1) is 0 Å². The van der Waals surface area contributed by atoms with E-state index in [2.05, 4.69) is 33.4 Å². The molecule has 0 radical (unpaired) electrons. The Kier molecular flexibility index (Phi) is 5.77. The summed E-state index contributed by atoms with van der Waals surface area (Å²) in [7, 11) is 3.73. The second-order valence-electron chi connectivity index (χ2n) is 4.06. The first-order chi connectivity index (χ1) is 8.02. The molecule has 1 atom stereocenters. The third-order valence-electron chi connectivity index (χ3n) is 2.06. The highest BCUT2D eigenvalue weighted by Gasteiger charge is 2.07. The maximum absolute atomic E-state index is 5.84. The van der Waals surface area contributed by atoms with Gasteiger partial charge in [0.2, 0.25) is 17.2 Å². The Morgan fingerprint density at radius 1 is 1.35 bits per heavy atom. The Morgan fingerprint density at radius 3 is 2.65 bits per heavy atom. The first-order valence-corrected chi connectivity index (χ1v) is 7.11. The second kappa shape index (κ2) is 6.86. The summed E-state index contributed by atoms with van der Waals surface area (Å²) in [5.41, 5.74) is 0. The first-order valence-electron chi connectivity index (χ1n) is 5.34. The molecule has 0 aromatic carbocycles. The zero-order chi connectivity index (χ0) is 12.8. The van der Waals surface area contributed by atoms with Gasteiger partial charge in [-0.25, -0.2) is 0 Å². The molecule has 1 unspecified atom stereocenters. The van der Waals surface area contributed by atoms with Crippen molar-refractivity contribution in [3.8, 4) is 0 Å². The van der Waals surface area contributed by atoms with E-state index in [-0.39, 0.29) is 5.28 Å². The number of nitrogens with zero attached hydrogens (tertiary/aromatic N) is 4. The Bertz CT molecular complexity index is 361. The molecule has 0 fully saturated rings. The van der Waals surface area contributed by atoms with Crippen molar-refractivity contribution < 1.29 is 0 Å². The molecule has 5 nitrogen and oxygen atoms in total. The van der Waals surface area contributed by atoms with Crippen molar-refractivity contribution in [1.29, 1.82) is 0 Å². The Balaban J connectivity index is 2.64. The number of thioether (sulfide) groups is 1. The van der Waals surface area contributed by atoms with Crippen molar-refractivity contribution in [2.45, 2.75) is 6.92 Å². The molecule has 96 valence electrons. The third kappa shape index (κ3) is 4.95. The number of anilines is 2. The van der Waals surface area contributed by atoms with Crippen LogP contribution in [0.1, 0.15) is 6.92 Å². The highest BCUT2D eigenvalue weighted by atomic mass is 35.5. The van der Waals surface area contributed by atoms with Crippen molar-refractivity contribution >= 4 is 35.3 Å². The third-order valence-corrected chi connectivity index (χ3v) is 3.13. The summed E-state index contributed by atoms with van der Waals surface area (Å²) in [6.07, 6.45) is 2.10. The van der Waals surface area contributed by atoms with E-state index < -0.39 is 0 Å². The van der Waals surface area contributed by atoms with Gasteiger partial charge in [-0.2, -0.15) is 26.7 Å². The molecular formula is C10H18ClN5S. The molecule has 7 heteroatoms. The summed E-state index contributed by atoms with van der Waals surface area (Å²) in [5, 5.41) is 3.39. The van der Waals surface area contributed by atoms with Gasteiger partial charge < -0.3 is 10.2 Å². The van der Waals surface area contributed by atoms with Crippen LogP contribution in [0.25, 0.3) is 0 Å². The Labute approximate surface area is 111 Å². The summed E-state index contributed by atoms with van der Waals surface area (Å²) in [4.78, 5) is 14.1. The van der Waals surface area contributed by atoms with Crippen LogP contribution in [0.3, 0.4) is 0 Å². The summed E-state index contributed by atoms with van der Waals surface area (Å²) in [6, 6.07) is 0. The van der Waals surface area contributed by atoms with Crippen LogP contribution in [-0.4, -0.2) is 47.6 Å². The van der Waals surface area contributed by atoms with Crippen LogP contribution >= 0.6 is 23.4 Å². The van der Waals surface area contributed by atoms with E-state index in [0.29, 0.717) is 17.8 Å². The minimum absolute atomic E-state index is 0.212. The van der Waals surface area contributed by atoms with Gasteiger partial charge in [0.1, 0.15) is 0 Å². The molecule has 0 aliphatic rings. The summed E-state index contributed by atoms with van der Waals surface area (Å²) >= 11 is 7.67. The number of rotatable bonds is 6. The molecule has 0 spiro atoms. The SMILES string of the molecule is CSCC(C)CNc1nc(Cl)nc(N(C)C)n1. The fraction of sp³-hybridized carbons (Fsp3) is 0.700. The lowest BCUT2D eigenvalue weighted by atomic mass is 10.2. The van der Waals surface area contributed by atoms with Gasteiger partial charge in [0.05, 0.1) is 0 Å². The highest BCUT2D eigenvalue weighted by Crippen LogP contribution is 2.12. The van der Waals surface area contributed by atoms with E-state index in [1.54, 1.807) is 4.90 Å². The fourth-order valence-electron chi connectivity index (χ4n) is 1.23. The zero-order valence-electron chi connectivity index (χ0n) is 10.6. The Morgan fingerprint density at radius 2 is 2.06 bits per heavy atom. The lowest BCUT2D eigenvalue weighted by Crippen LogP contribution is -2.18. The summed E-state index contributed by atoms with van der Waals surface area (Å²) in [5.74, 6) is 2.75. The molecular weight excluding hydrogens is 258 g/mol. The predicted octanol–water partition coefficient (Wildman–Crippen LogP) is 2.00. The smallest absolute Gasteiger partial charge is 0.230 e. The highest BCUT2D eigenvalue weighted by molar-refractivity contribution is 7.98. The number of hydrogen-bond acceptors (Lipinski definition) is 6. The van der Waals surface area contributed by atoms with Crippen molar-refractivity contribution in [3.63, 3.8) is 0 Å². The van der Waals surface area contributed by atoms with Crippen molar-refractivity contribution in [2.24, 2.45) is 5.92 Å². The molecule has 17 heavy (non-hydrogen) atoms. The molecule has 1 heterocycles. The molecule has 1 aromatic rings. The van der Waals surface area contributed by atoms with Gasteiger partial charge in [0, 0.05) is 20.6 Å². The van der Waals surface area contributed by atoms with E-state index in [4.69, 9.17) is 11.6 Å². The average Bonchev–Trinajstić information content (AvgIpc) is 2.26. The average molecular weight is 276 g/mol. The molecule has 0 bridgehead atoms. The van der Waals surface area contributed by atoms with Crippen LogP contribution in [0.15, 0.2) is 0 Å². The number of hydrogen-bond donors (Lipinski definition) is 1. The maximum atomic E-state index is 5.84. The zero-order valence-corrected chi connectivity index (χ0v) is 12.1. The van der Waals surface area contributed by atoms with Gasteiger partial charge in [-0.3, -0.25) is 0 Å². The van der Waals surface area contributed by atoms with Crippen molar-refractivity contribution in [3.05, 3.63) is 5.28 Å². The lowest BCUT2D eigenvalue weighted by Gasteiger charge is -2.13. The summed E-state index contributed by atoms with van der Waals surface area (Å²) < 4.78 is 0. The van der Waals surface area contributed by atoms with E-state index >= 15 is 0 Å². The van der Waals surface area contributed by atoms with Gasteiger partial charge in [0.25, 0.3) is 0 Å². The van der Waals surface area contributed by atoms with Gasteiger partial charge >= 0.3 is 0 Å².